The topological polar surface area (TPSA) is 0 Å². The van der Waals surface area contributed by atoms with E-state index < -0.39 is 9.75 Å². The van der Waals surface area contributed by atoms with Crippen molar-refractivity contribution in [1.29, 1.82) is 0 Å². The van der Waals surface area contributed by atoms with Crippen molar-refractivity contribution < 1.29 is 26.2 Å². The zero-order valence-corrected chi connectivity index (χ0v) is 18.4. The second-order valence-corrected chi connectivity index (χ2v) is 8.32. The summed E-state index contributed by atoms with van der Waals surface area (Å²) in [5, 5.41) is 0. The molecule has 0 bridgehead atoms. The van der Waals surface area contributed by atoms with Crippen LogP contribution in [0.4, 0.5) is 0 Å². The summed E-state index contributed by atoms with van der Waals surface area (Å²) in [6, 6.07) is 16.8. The van der Waals surface area contributed by atoms with Gasteiger partial charge in [-0.2, -0.15) is 0 Å². The molecule has 0 saturated carbocycles. The predicted molar refractivity (Wildman–Crippen MR) is 104 cm³/mol. The second kappa shape index (κ2) is 6.84. The van der Waals surface area contributed by atoms with Gasteiger partial charge in [-0.05, 0) is 60.1 Å². The van der Waals surface area contributed by atoms with Crippen LogP contribution in [0, 0.1) is 0 Å². The minimum atomic E-state index is -0.457. The monoisotopic (exact) mass is 444 g/mol. The Morgan fingerprint density at radius 3 is 1.44 bits per heavy atom. The van der Waals surface area contributed by atoms with E-state index in [4.69, 9.17) is 23.2 Å². The Morgan fingerprint density at radius 1 is 0.680 bits per heavy atom. The zero-order chi connectivity index (χ0) is 16.9. The SMILES string of the molecule is CC1=CC(Cl)(CCC2(Cl)C=C(C)c3ccccc32)c2ccccc21.[Zr]. The van der Waals surface area contributed by atoms with Crippen molar-refractivity contribution in [3.8, 4) is 0 Å². The van der Waals surface area contributed by atoms with E-state index in [1.807, 2.05) is 0 Å². The number of halogens is 2. The third kappa shape index (κ3) is 3.14. The van der Waals surface area contributed by atoms with E-state index in [0.29, 0.717) is 0 Å². The molecule has 126 valence electrons. The van der Waals surface area contributed by atoms with Crippen molar-refractivity contribution >= 4 is 34.3 Å². The Bertz CT molecular complexity index is 810. The van der Waals surface area contributed by atoms with Crippen molar-refractivity contribution in [2.24, 2.45) is 0 Å². The average Bonchev–Trinajstić information content (AvgIpc) is 3.00. The van der Waals surface area contributed by atoms with Gasteiger partial charge in [0.05, 0.1) is 9.75 Å². The summed E-state index contributed by atoms with van der Waals surface area (Å²) < 4.78 is 0. The fourth-order valence-corrected chi connectivity index (χ4v) is 5.00. The molecule has 0 heterocycles. The third-order valence-electron chi connectivity index (χ3n) is 5.34. The third-order valence-corrected chi connectivity index (χ3v) is 6.35. The van der Waals surface area contributed by atoms with E-state index in [9.17, 15) is 0 Å². The van der Waals surface area contributed by atoms with E-state index in [-0.39, 0.29) is 26.2 Å². The fourth-order valence-electron chi connectivity index (χ4n) is 4.15. The minimum absolute atomic E-state index is 0. The summed E-state index contributed by atoms with van der Waals surface area (Å²) in [7, 11) is 0. The second-order valence-electron chi connectivity index (χ2n) is 6.97. The first-order valence-electron chi connectivity index (χ1n) is 8.39. The smallest absolute Gasteiger partial charge is 0.0887 e. The molecule has 0 nitrogen and oxygen atoms in total. The van der Waals surface area contributed by atoms with E-state index in [1.54, 1.807) is 0 Å². The molecule has 0 fully saturated rings. The zero-order valence-electron chi connectivity index (χ0n) is 14.4. The normalized spacial score (nSPS) is 26.4. The summed E-state index contributed by atoms with van der Waals surface area (Å²) in [6.45, 7) is 4.27. The van der Waals surface area contributed by atoms with Crippen molar-refractivity contribution in [2.75, 3.05) is 0 Å². The van der Waals surface area contributed by atoms with Crippen LogP contribution in [0.25, 0.3) is 11.1 Å². The molecule has 0 spiro atoms. The number of hydrogen-bond acceptors (Lipinski definition) is 0. The molecule has 4 rings (SSSR count). The molecule has 2 atom stereocenters. The number of alkyl halides is 2. The number of rotatable bonds is 3. The molecule has 3 heteroatoms. The number of benzene rings is 2. The van der Waals surface area contributed by atoms with Gasteiger partial charge in [0.15, 0.2) is 0 Å². The molecule has 2 aliphatic carbocycles. The van der Waals surface area contributed by atoms with Crippen LogP contribution in [0.3, 0.4) is 0 Å². The van der Waals surface area contributed by atoms with Crippen molar-refractivity contribution in [1.82, 2.24) is 0 Å². The molecule has 0 aromatic heterocycles. The Morgan fingerprint density at radius 2 is 1.04 bits per heavy atom. The molecular formula is C22H20Cl2Zr. The van der Waals surface area contributed by atoms with Gasteiger partial charge in [0.2, 0.25) is 0 Å². The van der Waals surface area contributed by atoms with Crippen LogP contribution in [0.2, 0.25) is 0 Å². The maximum atomic E-state index is 7.04. The van der Waals surface area contributed by atoms with Crippen LogP contribution in [0.1, 0.15) is 48.9 Å². The largest absolute Gasteiger partial charge is 0.109 e. The van der Waals surface area contributed by atoms with Gasteiger partial charge in [-0.25, -0.2) is 0 Å². The standard InChI is InChI=1S/C22H20Cl2.Zr/c1-15-13-21(23,19-9-5-3-7-17(15)19)11-12-22(24)14-16(2)18-8-4-6-10-20(18)22;/h3-10,13-14H,11-12H2,1-2H3;. The molecule has 2 aliphatic rings. The summed E-state index contributed by atoms with van der Waals surface area (Å²) >= 11 is 14.1. The molecule has 0 radical (unpaired) electrons. The average molecular weight is 447 g/mol. The van der Waals surface area contributed by atoms with E-state index in [0.717, 1.165) is 12.8 Å². The Kier molecular flexibility index (Phi) is 5.24. The Labute approximate surface area is 179 Å². The van der Waals surface area contributed by atoms with Crippen molar-refractivity contribution in [3.63, 3.8) is 0 Å². The van der Waals surface area contributed by atoms with Gasteiger partial charge in [-0.1, -0.05) is 60.7 Å². The summed E-state index contributed by atoms with van der Waals surface area (Å²) in [6.07, 6.45) is 6.00. The Balaban J connectivity index is 0.00000182. The van der Waals surface area contributed by atoms with Crippen LogP contribution >= 0.6 is 23.2 Å². The number of fused-ring (bicyclic) bond motifs is 2. The van der Waals surface area contributed by atoms with Crippen LogP contribution < -0.4 is 0 Å². The molecule has 0 saturated heterocycles. The first-order chi connectivity index (χ1) is 11.4. The van der Waals surface area contributed by atoms with Gasteiger partial charge >= 0.3 is 0 Å². The molecule has 0 aliphatic heterocycles. The maximum absolute atomic E-state index is 7.04. The van der Waals surface area contributed by atoms with E-state index >= 15 is 0 Å². The van der Waals surface area contributed by atoms with Crippen molar-refractivity contribution in [2.45, 2.75) is 36.4 Å². The van der Waals surface area contributed by atoms with E-state index in [1.165, 1.54) is 33.4 Å². The Hall–Kier alpha value is -0.617. The van der Waals surface area contributed by atoms with Gasteiger partial charge in [0.1, 0.15) is 0 Å². The molecule has 0 amide bonds. The maximum Gasteiger partial charge on any atom is 0.0887 e. The van der Waals surface area contributed by atoms with Gasteiger partial charge in [-0.3, -0.25) is 0 Å². The first kappa shape index (κ1) is 19.2. The van der Waals surface area contributed by atoms with Crippen LogP contribution in [0.5, 0.6) is 0 Å². The van der Waals surface area contributed by atoms with Gasteiger partial charge in [-0.15, -0.1) is 23.2 Å². The van der Waals surface area contributed by atoms with Crippen LogP contribution in [-0.2, 0) is 36.0 Å². The molecular weight excluding hydrogens is 426 g/mol. The molecule has 2 unspecified atom stereocenters. The van der Waals surface area contributed by atoms with Gasteiger partial charge < -0.3 is 0 Å². The first-order valence-corrected chi connectivity index (χ1v) is 9.15. The quantitative estimate of drug-likeness (QED) is 0.452. The van der Waals surface area contributed by atoms with Crippen LogP contribution in [0.15, 0.2) is 60.7 Å². The molecule has 25 heavy (non-hydrogen) atoms. The van der Waals surface area contributed by atoms with Crippen LogP contribution in [-0.4, -0.2) is 0 Å². The summed E-state index contributed by atoms with van der Waals surface area (Å²) in [5.74, 6) is 0. The molecule has 2 aromatic carbocycles. The van der Waals surface area contributed by atoms with Crippen molar-refractivity contribution in [3.05, 3.63) is 82.9 Å². The summed E-state index contributed by atoms with van der Waals surface area (Å²) in [4.78, 5) is -0.913. The number of allylic oxidation sites excluding steroid dienone is 4. The predicted octanol–water partition coefficient (Wildman–Crippen LogP) is 6.87. The molecule has 2 aromatic rings. The number of hydrogen-bond donors (Lipinski definition) is 0. The molecule has 0 N–H and O–H groups in total. The van der Waals surface area contributed by atoms with E-state index in [2.05, 4.69) is 74.5 Å². The summed E-state index contributed by atoms with van der Waals surface area (Å²) in [5.41, 5.74) is 7.43. The van der Waals surface area contributed by atoms with Gasteiger partial charge in [0, 0.05) is 26.2 Å². The van der Waals surface area contributed by atoms with Gasteiger partial charge in [0.25, 0.3) is 0 Å². The minimum Gasteiger partial charge on any atom is -0.109 e. The fraction of sp³-hybridized carbons (Fsp3) is 0.273.